The molecule has 0 bridgehead atoms. The Bertz CT molecular complexity index is 657. The van der Waals surface area contributed by atoms with Crippen molar-refractivity contribution in [1.82, 2.24) is 0 Å². The minimum absolute atomic E-state index is 0.257. The van der Waals surface area contributed by atoms with Crippen LogP contribution in [0.5, 0.6) is 5.75 Å². The van der Waals surface area contributed by atoms with E-state index >= 15 is 0 Å². The van der Waals surface area contributed by atoms with Gasteiger partial charge in [-0.3, -0.25) is 0 Å². The Labute approximate surface area is 138 Å². The third kappa shape index (κ3) is 5.42. The van der Waals surface area contributed by atoms with E-state index in [0.29, 0.717) is 12.0 Å². The summed E-state index contributed by atoms with van der Waals surface area (Å²) in [6.45, 7) is 5.02. The lowest BCUT2D eigenvalue weighted by atomic mass is 10.1. The quantitative estimate of drug-likeness (QED) is 0.544. The molecule has 1 aromatic carbocycles. The van der Waals surface area contributed by atoms with Crippen LogP contribution in [-0.4, -0.2) is 6.61 Å². The van der Waals surface area contributed by atoms with E-state index in [1.54, 1.807) is 6.07 Å². The van der Waals surface area contributed by atoms with Crippen LogP contribution in [-0.2, 0) is 6.42 Å². The van der Waals surface area contributed by atoms with Crippen molar-refractivity contribution in [2.45, 2.75) is 65.2 Å². The lowest BCUT2D eigenvalue weighted by Crippen LogP contribution is -2.03. The van der Waals surface area contributed by atoms with Crippen molar-refractivity contribution in [1.29, 1.82) is 0 Å². The minimum Gasteiger partial charge on any atom is -0.494 e. The van der Waals surface area contributed by atoms with Crippen molar-refractivity contribution in [2.75, 3.05) is 6.61 Å². The second-order valence-electron chi connectivity index (χ2n) is 6.12. The molecule has 2 rings (SSSR count). The zero-order chi connectivity index (χ0) is 16.5. The highest BCUT2D eigenvalue weighted by atomic mass is 16.5. The van der Waals surface area contributed by atoms with E-state index in [1.807, 2.05) is 18.2 Å². The van der Waals surface area contributed by atoms with Crippen LogP contribution in [0, 0.1) is 0 Å². The molecule has 3 nitrogen and oxygen atoms in total. The molecule has 23 heavy (non-hydrogen) atoms. The van der Waals surface area contributed by atoms with Crippen molar-refractivity contribution < 1.29 is 9.15 Å². The van der Waals surface area contributed by atoms with Gasteiger partial charge in [0.1, 0.15) is 11.5 Å². The molecular weight excluding hydrogens is 288 g/mol. The Kier molecular flexibility index (Phi) is 7.18. The molecule has 3 heteroatoms. The molecular formula is C20H28O3. The van der Waals surface area contributed by atoms with Crippen LogP contribution in [0.4, 0.5) is 0 Å². The molecule has 0 aliphatic heterocycles. The fourth-order valence-corrected chi connectivity index (χ4v) is 2.67. The molecule has 0 aliphatic rings. The molecule has 0 radical (unpaired) electrons. The molecule has 0 unspecified atom stereocenters. The van der Waals surface area contributed by atoms with Gasteiger partial charge in [-0.25, -0.2) is 4.79 Å². The van der Waals surface area contributed by atoms with Crippen LogP contribution in [0.25, 0.3) is 10.8 Å². The van der Waals surface area contributed by atoms with Crippen molar-refractivity contribution in [3.05, 3.63) is 40.4 Å². The predicted octanol–water partition coefficient (Wildman–Crippen LogP) is 5.48. The Morgan fingerprint density at radius 2 is 1.74 bits per heavy atom. The average Bonchev–Trinajstić information content (AvgIpc) is 2.55. The number of aryl methyl sites for hydroxylation is 1. The van der Waals surface area contributed by atoms with Gasteiger partial charge in [0.05, 0.1) is 12.0 Å². The van der Waals surface area contributed by atoms with Crippen LogP contribution in [0.15, 0.2) is 33.5 Å². The SMILES string of the molecule is CCCCCCCc1cc2ccc(OCCCC)cc2c(=O)o1. The lowest BCUT2D eigenvalue weighted by Gasteiger charge is -2.07. The van der Waals surface area contributed by atoms with E-state index < -0.39 is 0 Å². The van der Waals surface area contributed by atoms with Gasteiger partial charge in [-0.15, -0.1) is 0 Å². The van der Waals surface area contributed by atoms with Gasteiger partial charge in [0.2, 0.25) is 0 Å². The third-order valence-electron chi connectivity index (χ3n) is 4.08. The molecule has 1 heterocycles. The van der Waals surface area contributed by atoms with E-state index in [1.165, 1.54) is 25.7 Å². The summed E-state index contributed by atoms with van der Waals surface area (Å²) in [4.78, 5) is 12.2. The molecule has 0 fully saturated rings. The number of unbranched alkanes of at least 4 members (excludes halogenated alkanes) is 5. The highest BCUT2D eigenvalue weighted by molar-refractivity contribution is 5.82. The molecule has 2 aromatic rings. The zero-order valence-electron chi connectivity index (χ0n) is 14.4. The molecule has 126 valence electrons. The van der Waals surface area contributed by atoms with Crippen molar-refractivity contribution >= 4 is 10.8 Å². The lowest BCUT2D eigenvalue weighted by molar-refractivity contribution is 0.309. The first-order chi connectivity index (χ1) is 11.2. The maximum absolute atomic E-state index is 12.2. The van der Waals surface area contributed by atoms with Gasteiger partial charge in [0.25, 0.3) is 0 Å². The van der Waals surface area contributed by atoms with Crippen molar-refractivity contribution in [2.24, 2.45) is 0 Å². The number of fused-ring (bicyclic) bond motifs is 1. The molecule has 0 aliphatic carbocycles. The summed E-state index contributed by atoms with van der Waals surface area (Å²) in [5.41, 5.74) is -0.257. The number of rotatable bonds is 10. The number of benzene rings is 1. The van der Waals surface area contributed by atoms with E-state index in [9.17, 15) is 4.79 Å². The monoisotopic (exact) mass is 316 g/mol. The second kappa shape index (κ2) is 9.39. The fourth-order valence-electron chi connectivity index (χ4n) is 2.67. The zero-order valence-corrected chi connectivity index (χ0v) is 14.4. The maximum Gasteiger partial charge on any atom is 0.343 e. The number of hydrogen-bond acceptors (Lipinski definition) is 3. The Balaban J connectivity index is 2.03. The van der Waals surface area contributed by atoms with Crippen LogP contribution in [0.1, 0.15) is 64.6 Å². The second-order valence-corrected chi connectivity index (χ2v) is 6.12. The van der Waals surface area contributed by atoms with Crippen LogP contribution in [0.2, 0.25) is 0 Å². The molecule has 0 saturated carbocycles. The van der Waals surface area contributed by atoms with Gasteiger partial charge in [0, 0.05) is 6.42 Å². The molecule has 0 N–H and O–H groups in total. The standard InChI is InChI=1S/C20H28O3/c1-3-5-7-8-9-10-18-14-16-11-12-17(22-13-6-4-2)15-19(16)20(21)23-18/h11-12,14-15H,3-10,13H2,1-2H3. The molecule has 0 spiro atoms. The van der Waals surface area contributed by atoms with Gasteiger partial charge in [-0.05, 0) is 36.4 Å². The number of hydrogen-bond donors (Lipinski definition) is 0. The molecule has 0 atom stereocenters. The van der Waals surface area contributed by atoms with Crippen molar-refractivity contribution in [3.63, 3.8) is 0 Å². The summed E-state index contributed by atoms with van der Waals surface area (Å²) in [6.07, 6.45) is 9.00. The topological polar surface area (TPSA) is 39.4 Å². The summed E-state index contributed by atoms with van der Waals surface area (Å²) < 4.78 is 11.1. The summed E-state index contributed by atoms with van der Waals surface area (Å²) >= 11 is 0. The smallest absolute Gasteiger partial charge is 0.343 e. The van der Waals surface area contributed by atoms with Gasteiger partial charge in [0.15, 0.2) is 0 Å². The van der Waals surface area contributed by atoms with Gasteiger partial charge in [-0.1, -0.05) is 52.0 Å². The normalized spacial score (nSPS) is 11.0. The molecule has 0 saturated heterocycles. The first-order valence-electron chi connectivity index (χ1n) is 8.94. The summed E-state index contributed by atoms with van der Waals surface area (Å²) in [6, 6.07) is 7.67. The minimum atomic E-state index is -0.257. The first kappa shape index (κ1) is 17.6. The summed E-state index contributed by atoms with van der Waals surface area (Å²) in [7, 11) is 0. The Morgan fingerprint density at radius 1 is 0.957 bits per heavy atom. The van der Waals surface area contributed by atoms with E-state index in [4.69, 9.17) is 9.15 Å². The van der Waals surface area contributed by atoms with E-state index in [-0.39, 0.29) is 5.63 Å². The summed E-state index contributed by atoms with van der Waals surface area (Å²) in [5.74, 6) is 1.53. The highest BCUT2D eigenvalue weighted by Gasteiger charge is 2.06. The van der Waals surface area contributed by atoms with E-state index in [0.717, 1.165) is 42.6 Å². The first-order valence-corrected chi connectivity index (χ1v) is 8.94. The Morgan fingerprint density at radius 3 is 2.52 bits per heavy atom. The van der Waals surface area contributed by atoms with Crippen molar-refractivity contribution in [3.8, 4) is 5.75 Å². The highest BCUT2D eigenvalue weighted by Crippen LogP contribution is 2.20. The van der Waals surface area contributed by atoms with Crippen LogP contribution >= 0.6 is 0 Å². The van der Waals surface area contributed by atoms with Gasteiger partial charge in [-0.2, -0.15) is 0 Å². The largest absolute Gasteiger partial charge is 0.494 e. The van der Waals surface area contributed by atoms with Crippen LogP contribution in [0.3, 0.4) is 0 Å². The van der Waals surface area contributed by atoms with E-state index in [2.05, 4.69) is 13.8 Å². The van der Waals surface area contributed by atoms with Gasteiger partial charge >= 0.3 is 5.63 Å². The average molecular weight is 316 g/mol. The maximum atomic E-state index is 12.2. The number of ether oxygens (including phenoxy) is 1. The fraction of sp³-hybridized carbons (Fsp3) is 0.550. The summed E-state index contributed by atoms with van der Waals surface area (Å²) in [5, 5.41) is 1.54. The molecule has 0 amide bonds. The molecule has 1 aromatic heterocycles. The van der Waals surface area contributed by atoms with Gasteiger partial charge < -0.3 is 9.15 Å². The Hall–Kier alpha value is -1.77. The predicted molar refractivity (Wildman–Crippen MR) is 95.4 cm³/mol. The third-order valence-corrected chi connectivity index (χ3v) is 4.08. The van der Waals surface area contributed by atoms with Crippen LogP contribution < -0.4 is 10.4 Å².